The van der Waals surface area contributed by atoms with E-state index in [1.807, 2.05) is 18.5 Å². The van der Waals surface area contributed by atoms with Crippen LogP contribution >= 0.6 is 0 Å². The van der Waals surface area contributed by atoms with Gasteiger partial charge in [0, 0.05) is 44.3 Å². The molecule has 1 aromatic heterocycles. The molecule has 0 unspecified atom stereocenters. The molecule has 0 radical (unpaired) electrons. The molecule has 2 aromatic rings. The van der Waals surface area contributed by atoms with Crippen LogP contribution in [-0.2, 0) is 13.0 Å². The summed E-state index contributed by atoms with van der Waals surface area (Å²) in [5.74, 6) is 0. The summed E-state index contributed by atoms with van der Waals surface area (Å²) in [6, 6.07) is 12.8. The number of fused-ring (bicyclic) bond motifs is 1. The monoisotopic (exact) mass is 253 g/mol. The van der Waals surface area contributed by atoms with Crippen molar-refractivity contribution in [1.82, 2.24) is 9.88 Å². The van der Waals surface area contributed by atoms with Crippen molar-refractivity contribution >= 4 is 5.69 Å². The first-order chi connectivity index (χ1) is 9.42. The van der Waals surface area contributed by atoms with E-state index in [-0.39, 0.29) is 0 Å². The van der Waals surface area contributed by atoms with Crippen LogP contribution < -0.4 is 5.32 Å². The number of nitrogens with one attached hydrogen (secondary N) is 1. The van der Waals surface area contributed by atoms with Gasteiger partial charge in [-0.15, -0.1) is 0 Å². The van der Waals surface area contributed by atoms with Gasteiger partial charge in [-0.2, -0.15) is 0 Å². The Kier molecular flexibility index (Phi) is 3.75. The minimum absolute atomic E-state index is 0.984. The van der Waals surface area contributed by atoms with Crippen molar-refractivity contribution in [3.63, 3.8) is 0 Å². The molecule has 3 rings (SSSR count). The SMILES string of the molecule is c1cncc(CN2CCNc3ccccc3CC2)c1. The smallest absolute Gasteiger partial charge is 0.0373 e. The van der Waals surface area contributed by atoms with E-state index in [1.54, 1.807) is 0 Å². The number of nitrogens with zero attached hydrogens (tertiary/aromatic N) is 2. The Bertz CT molecular complexity index is 525. The van der Waals surface area contributed by atoms with E-state index < -0.39 is 0 Å². The highest BCUT2D eigenvalue weighted by Crippen LogP contribution is 2.18. The van der Waals surface area contributed by atoms with Gasteiger partial charge in [-0.25, -0.2) is 0 Å². The van der Waals surface area contributed by atoms with Crippen molar-refractivity contribution in [2.24, 2.45) is 0 Å². The van der Waals surface area contributed by atoms with Gasteiger partial charge < -0.3 is 5.32 Å². The van der Waals surface area contributed by atoms with Gasteiger partial charge in [0.25, 0.3) is 0 Å². The minimum Gasteiger partial charge on any atom is -0.384 e. The molecule has 3 nitrogen and oxygen atoms in total. The van der Waals surface area contributed by atoms with E-state index >= 15 is 0 Å². The van der Waals surface area contributed by atoms with Gasteiger partial charge in [0.15, 0.2) is 0 Å². The van der Waals surface area contributed by atoms with Crippen molar-refractivity contribution in [3.8, 4) is 0 Å². The number of benzene rings is 1. The predicted molar refractivity (Wildman–Crippen MR) is 78.1 cm³/mol. The molecule has 1 aromatic carbocycles. The number of aromatic nitrogens is 1. The molecule has 0 spiro atoms. The average molecular weight is 253 g/mol. The Labute approximate surface area is 114 Å². The van der Waals surface area contributed by atoms with Crippen molar-refractivity contribution in [2.45, 2.75) is 13.0 Å². The molecule has 0 saturated heterocycles. The lowest BCUT2D eigenvalue weighted by atomic mass is 10.1. The lowest BCUT2D eigenvalue weighted by molar-refractivity contribution is 0.277. The lowest BCUT2D eigenvalue weighted by Crippen LogP contribution is -2.32. The molecule has 1 N–H and O–H groups in total. The predicted octanol–water partition coefficient (Wildman–Crippen LogP) is 2.55. The Hall–Kier alpha value is -1.87. The van der Waals surface area contributed by atoms with Gasteiger partial charge in [0.2, 0.25) is 0 Å². The van der Waals surface area contributed by atoms with Crippen LogP contribution in [-0.4, -0.2) is 29.5 Å². The standard InChI is InChI=1S/C16H19N3/c1-2-6-16-15(5-1)7-10-19(11-9-18-16)13-14-4-3-8-17-12-14/h1-6,8,12,18H,7,9-11,13H2. The van der Waals surface area contributed by atoms with E-state index in [2.05, 4.69) is 45.5 Å². The summed E-state index contributed by atoms with van der Waals surface area (Å²) in [6.45, 7) is 4.16. The second kappa shape index (κ2) is 5.85. The molecule has 1 aliphatic rings. The Morgan fingerprint density at radius 2 is 2.05 bits per heavy atom. The molecule has 19 heavy (non-hydrogen) atoms. The van der Waals surface area contributed by atoms with Crippen LogP contribution in [0.5, 0.6) is 0 Å². The van der Waals surface area contributed by atoms with Crippen molar-refractivity contribution < 1.29 is 0 Å². The number of hydrogen-bond acceptors (Lipinski definition) is 3. The number of pyridine rings is 1. The maximum absolute atomic E-state index is 4.19. The van der Waals surface area contributed by atoms with E-state index in [0.29, 0.717) is 0 Å². The van der Waals surface area contributed by atoms with Crippen molar-refractivity contribution in [1.29, 1.82) is 0 Å². The first-order valence-corrected chi connectivity index (χ1v) is 6.85. The van der Waals surface area contributed by atoms with Crippen LogP contribution in [0.25, 0.3) is 0 Å². The number of hydrogen-bond donors (Lipinski definition) is 1. The van der Waals surface area contributed by atoms with E-state index in [9.17, 15) is 0 Å². The summed E-state index contributed by atoms with van der Waals surface area (Å²) < 4.78 is 0. The molecule has 0 aliphatic carbocycles. The third kappa shape index (κ3) is 3.12. The molecule has 0 saturated carbocycles. The summed E-state index contributed by atoms with van der Waals surface area (Å²) in [4.78, 5) is 6.67. The molecular formula is C16H19N3. The first kappa shape index (κ1) is 12.2. The zero-order chi connectivity index (χ0) is 12.9. The van der Waals surface area contributed by atoms with Crippen LogP contribution in [0.3, 0.4) is 0 Å². The maximum Gasteiger partial charge on any atom is 0.0373 e. The van der Waals surface area contributed by atoms with Crippen LogP contribution in [0.2, 0.25) is 0 Å². The zero-order valence-electron chi connectivity index (χ0n) is 11.0. The third-order valence-corrected chi connectivity index (χ3v) is 3.59. The zero-order valence-corrected chi connectivity index (χ0v) is 11.0. The number of para-hydroxylation sites is 1. The summed E-state index contributed by atoms with van der Waals surface area (Å²) >= 11 is 0. The van der Waals surface area contributed by atoms with Crippen molar-refractivity contribution in [3.05, 3.63) is 59.9 Å². The van der Waals surface area contributed by atoms with Gasteiger partial charge in [0.1, 0.15) is 0 Å². The first-order valence-electron chi connectivity index (χ1n) is 6.85. The molecule has 0 bridgehead atoms. The Morgan fingerprint density at radius 1 is 1.11 bits per heavy atom. The topological polar surface area (TPSA) is 28.2 Å². The highest BCUT2D eigenvalue weighted by atomic mass is 15.1. The molecule has 0 atom stereocenters. The second-order valence-corrected chi connectivity index (χ2v) is 4.97. The summed E-state index contributed by atoms with van der Waals surface area (Å²) in [7, 11) is 0. The van der Waals surface area contributed by atoms with Gasteiger partial charge in [-0.3, -0.25) is 9.88 Å². The van der Waals surface area contributed by atoms with Gasteiger partial charge in [-0.05, 0) is 29.7 Å². The highest BCUT2D eigenvalue weighted by molar-refractivity contribution is 5.51. The fourth-order valence-electron chi connectivity index (χ4n) is 2.56. The van der Waals surface area contributed by atoms with Gasteiger partial charge in [0.05, 0.1) is 0 Å². The van der Waals surface area contributed by atoms with Gasteiger partial charge in [-0.1, -0.05) is 24.3 Å². The Balaban J connectivity index is 1.67. The van der Waals surface area contributed by atoms with E-state index in [0.717, 1.165) is 32.6 Å². The number of anilines is 1. The van der Waals surface area contributed by atoms with E-state index in [1.165, 1.54) is 16.8 Å². The maximum atomic E-state index is 4.19. The fraction of sp³-hybridized carbons (Fsp3) is 0.312. The van der Waals surface area contributed by atoms with Crippen LogP contribution in [0, 0.1) is 0 Å². The van der Waals surface area contributed by atoms with Crippen molar-refractivity contribution in [2.75, 3.05) is 25.0 Å². The molecule has 2 heterocycles. The summed E-state index contributed by atoms with van der Waals surface area (Å²) in [6.07, 6.45) is 4.89. The third-order valence-electron chi connectivity index (χ3n) is 3.59. The summed E-state index contributed by atoms with van der Waals surface area (Å²) in [5.41, 5.74) is 4.00. The largest absolute Gasteiger partial charge is 0.384 e. The molecule has 0 fully saturated rings. The minimum atomic E-state index is 0.984. The van der Waals surface area contributed by atoms with Gasteiger partial charge >= 0.3 is 0 Å². The lowest BCUT2D eigenvalue weighted by Gasteiger charge is -2.26. The quantitative estimate of drug-likeness (QED) is 0.891. The normalized spacial score (nSPS) is 16.0. The molecule has 0 amide bonds. The highest BCUT2D eigenvalue weighted by Gasteiger charge is 2.11. The summed E-state index contributed by atoms with van der Waals surface area (Å²) in [5, 5.41) is 3.52. The number of rotatable bonds is 2. The van der Waals surface area contributed by atoms with E-state index in [4.69, 9.17) is 0 Å². The fourth-order valence-corrected chi connectivity index (χ4v) is 2.56. The molecule has 98 valence electrons. The molecule has 1 aliphatic heterocycles. The average Bonchev–Trinajstić information content (AvgIpc) is 2.44. The molecular weight excluding hydrogens is 234 g/mol. The second-order valence-electron chi connectivity index (χ2n) is 4.97. The molecule has 3 heteroatoms. The Morgan fingerprint density at radius 3 is 2.95 bits per heavy atom. The van der Waals surface area contributed by atoms with Crippen LogP contribution in [0.1, 0.15) is 11.1 Å². The van der Waals surface area contributed by atoms with Crippen LogP contribution in [0.4, 0.5) is 5.69 Å². The van der Waals surface area contributed by atoms with Crippen LogP contribution in [0.15, 0.2) is 48.8 Å².